The number of anilines is 1. The van der Waals surface area contributed by atoms with Crippen molar-refractivity contribution in [2.24, 2.45) is 7.05 Å². The van der Waals surface area contributed by atoms with Crippen LogP contribution < -0.4 is 4.90 Å². The second kappa shape index (κ2) is 5.34. The van der Waals surface area contributed by atoms with E-state index in [9.17, 15) is 15.2 Å². The summed E-state index contributed by atoms with van der Waals surface area (Å²) in [5.74, 6) is 0.374. The molecule has 1 aromatic heterocycles. The van der Waals surface area contributed by atoms with E-state index in [0.29, 0.717) is 5.82 Å². The molecule has 18 heavy (non-hydrogen) atoms. The molecule has 0 aromatic carbocycles. The van der Waals surface area contributed by atoms with Crippen LogP contribution in [0.5, 0.6) is 0 Å². The topological polar surface area (TPSA) is 84.4 Å². The van der Waals surface area contributed by atoms with Gasteiger partial charge in [0, 0.05) is 13.6 Å². The smallest absolute Gasteiger partial charge is 0.394 e. The van der Waals surface area contributed by atoms with Crippen molar-refractivity contribution in [2.45, 2.75) is 31.7 Å². The molecule has 1 saturated heterocycles. The van der Waals surface area contributed by atoms with Crippen molar-refractivity contribution in [3.05, 3.63) is 16.4 Å². The lowest BCUT2D eigenvalue weighted by Crippen LogP contribution is -2.39. The van der Waals surface area contributed by atoms with Crippen molar-refractivity contribution in [1.82, 2.24) is 9.55 Å². The van der Waals surface area contributed by atoms with Crippen molar-refractivity contribution in [3.63, 3.8) is 0 Å². The molecule has 0 spiro atoms. The van der Waals surface area contributed by atoms with E-state index in [4.69, 9.17) is 0 Å². The third-order valence-electron chi connectivity index (χ3n) is 3.42. The van der Waals surface area contributed by atoms with Gasteiger partial charge in [-0.1, -0.05) is 12.8 Å². The first kappa shape index (κ1) is 12.8. The highest BCUT2D eigenvalue weighted by Crippen LogP contribution is 2.30. The minimum atomic E-state index is -0.464. The fourth-order valence-corrected chi connectivity index (χ4v) is 2.52. The molecular weight excluding hydrogens is 236 g/mol. The summed E-state index contributed by atoms with van der Waals surface area (Å²) < 4.78 is 1.66. The van der Waals surface area contributed by atoms with E-state index in [2.05, 4.69) is 4.98 Å². The van der Waals surface area contributed by atoms with E-state index in [1.165, 1.54) is 6.33 Å². The summed E-state index contributed by atoms with van der Waals surface area (Å²) in [4.78, 5) is 16.3. The van der Waals surface area contributed by atoms with E-state index in [1.807, 2.05) is 4.90 Å². The van der Waals surface area contributed by atoms with Crippen LogP contribution in [-0.4, -0.2) is 38.8 Å². The van der Waals surface area contributed by atoms with Crippen LogP contribution in [0, 0.1) is 10.1 Å². The van der Waals surface area contributed by atoms with E-state index in [-0.39, 0.29) is 18.5 Å². The minimum absolute atomic E-state index is 0.0162. The lowest BCUT2D eigenvalue weighted by atomic mass is 10.1. The van der Waals surface area contributed by atoms with Gasteiger partial charge in [-0.3, -0.25) is 4.57 Å². The Bertz CT molecular complexity index is 432. The maximum atomic E-state index is 11.0. The summed E-state index contributed by atoms with van der Waals surface area (Å²) in [5.41, 5.74) is 0. The number of aromatic nitrogens is 2. The Balaban J connectivity index is 2.38. The summed E-state index contributed by atoms with van der Waals surface area (Å²) in [5, 5.41) is 20.5. The maximum absolute atomic E-state index is 11.0. The zero-order chi connectivity index (χ0) is 13.1. The number of hydrogen-bond acceptors (Lipinski definition) is 5. The highest BCUT2D eigenvalue weighted by atomic mass is 16.6. The highest BCUT2D eigenvalue weighted by Gasteiger charge is 2.30. The highest BCUT2D eigenvalue weighted by molar-refractivity contribution is 5.55. The van der Waals surface area contributed by atoms with E-state index < -0.39 is 4.92 Å². The number of nitro groups is 1. The van der Waals surface area contributed by atoms with E-state index >= 15 is 0 Å². The molecule has 2 rings (SSSR count). The molecule has 100 valence electrons. The number of aryl methyl sites for hydroxylation is 1. The fourth-order valence-electron chi connectivity index (χ4n) is 2.52. The molecule has 2 heterocycles. The maximum Gasteiger partial charge on any atom is 0.406 e. The number of imidazole rings is 1. The van der Waals surface area contributed by atoms with Gasteiger partial charge in [-0.05, 0) is 22.7 Å². The molecule has 0 aliphatic carbocycles. The molecule has 0 saturated carbocycles. The lowest BCUT2D eigenvalue weighted by Gasteiger charge is -2.29. The summed E-state index contributed by atoms with van der Waals surface area (Å²) in [7, 11) is 1.74. The molecular formula is C11H18N4O3. The Morgan fingerprint density at radius 2 is 2.33 bits per heavy atom. The number of nitrogens with zero attached hydrogens (tertiary/aromatic N) is 4. The number of aliphatic hydroxyl groups is 1. The standard InChI is InChI=1S/C11H18N4O3/c1-13-8-12-10(15(17)18)11(13)14-6-4-2-3-5-9(14)7-16/h8-9,16H,2-7H2,1H3. The van der Waals surface area contributed by atoms with Crippen LogP contribution in [0.25, 0.3) is 0 Å². The Morgan fingerprint density at radius 3 is 3.00 bits per heavy atom. The second-order valence-electron chi connectivity index (χ2n) is 4.64. The summed E-state index contributed by atoms with van der Waals surface area (Å²) >= 11 is 0. The molecule has 1 fully saturated rings. The Labute approximate surface area is 105 Å². The van der Waals surface area contributed by atoms with Crippen molar-refractivity contribution in [2.75, 3.05) is 18.1 Å². The fraction of sp³-hybridized carbons (Fsp3) is 0.727. The number of hydrogen-bond donors (Lipinski definition) is 1. The Hall–Kier alpha value is -1.63. The predicted molar refractivity (Wildman–Crippen MR) is 66.6 cm³/mol. The third-order valence-corrected chi connectivity index (χ3v) is 3.42. The van der Waals surface area contributed by atoms with Gasteiger partial charge in [0.25, 0.3) is 0 Å². The van der Waals surface area contributed by atoms with Gasteiger partial charge < -0.3 is 20.1 Å². The predicted octanol–water partition coefficient (Wildman–Crippen LogP) is 1.07. The van der Waals surface area contributed by atoms with E-state index in [1.54, 1.807) is 11.6 Å². The molecule has 7 nitrogen and oxygen atoms in total. The van der Waals surface area contributed by atoms with Crippen LogP contribution in [0.3, 0.4) is 0 Å². The quantitative estimate of drug-likeness (QED) is 0.644. The molecule has 1 aromatic rings. The largest absolute Gasteiger partial charge is 0.406 e. The first-order chi connectivity index (χ1) is 8.65. The van der Waals surface area contributed by atoms with Crippen LogP contribution in [0.4, 0.5) is 11.6 Å². The van der Waals surface area contributed by atoms with Gasteiger partial charge in [-0.2, -0.15) is 0 Å². The van der Waals surface area contributed by atoms with Gasteiger partial charge in [-0.25, -0.2) is 0 Å². The van der Waals surface area contributed by atoms with Crippen molar-refractivity contribution in [3.8, 4) is 0 Å². The molecule has 0 bridgehead atoms. The minimum Gasteiger partial charge on any atom is -0.394 e. The molecule has 1 aliphatic rings. The van der Waals surface area contributed by atoms with Crippen LogP contribution in [-0.2, 0) is 7.05 Å². The second-order valence-corrected chi connectivity index (χ2v) is 4.64. The van der Waals surface area contributed by atoms with Crippen molar-refractivity contribution in [1.29, 1.82) is 0 Å². The van der Waals surface area contributed by atoms with Gasteiger partial charge in [0.1, 0.15) is 0 Å². The van der Waals surface area contributed by atoms with Gasteiger partial charge in [0.2, 0.25) is 12.1 Å². The summed E-state index contributed by atoms with van der Waals surface area (Å²) in [6.45, 7) is 0.744. The van der Waals surface area contributed by atoms with Gasteiger partial charge >= 0.3 is 5.82 Å². The van der Waals surface area contributed by atoms with Gasteiger partial charge in [-0.15, -0.1) is 0 Å². The lowest BCUT2D eigenvalue weighted by molar-refractivity contribution is -0.388. The average molecular weight is 254 g/mol. The summed E-state index contributed by atoms with van der Waals surface area (Å²) in [6.07, 6.45) is 5.44. The first-order valence-electron chi connectivity index (χ1n) is 6.18. The number of rotatable bonds is 3. The molecule has 0 radical (unpaired) electrons. The van der Waals surface area contributed by atoms with Crippen molar-refractivity contribution < 1.29 is 10.0 Å². The summed E-state index contributed by atoms with van der Waals surface area (Å²) in [6, 6.07) is -0.0541. The molecule has 7 heteroatoms. The van der Waals surface area contributed by atoms with Crippen molar-refractivity contribution >= 4 is 11.6 Å². The average Bonchev–Trinajstić information content (AvgIpc) is 2.60. The normalized spacial score (nSPS) is 20.8. The van der Waals surface area contributed by atoms with E-state index in [0.717, 1.165) is 32.2 Å². The van der Waals surface area contributed by atoms with Crippen LogP contribution in [0.2, 0.25) is 0 Å². The van der Waals surface area contributed by atoms with Gasteiger partial charge in [0.15, 0.2) is 0 Å². The zero-order valence-electron chi connectivity index (χ0n) is 10.4. The first-order valence-corrected chi connectivity index (χ1v) is 6.18. The monoisotopic (exact) mass is 254 g/mol. The SMILES string of the molecule is Cn1cnc([N+](=O)[O-])c1N1CCCCCC1CO. The molecule has 1 N–H and O–H groups in total. The Morgan fingerprint density at radius 1 is 1.56 bits per heavy atom. The molecule has 1 unspecified atom stereocenters. The zero-order valence-corrected chi connectivity index (χ0v) is 10.4. The van der Waals surface area contributed by atoms with Crippen LogP contribution in [0.15, 0.2) is 6.33 Å². The molecule has 1 atom stereocenters. The Kier molecular flexibility index (Phi) is 3.81. The van der Waals surface area contributed by atoms with Crippen LogP contribution >= 0.6 is 0 Å². The number of aliphatic hydroxyl groups excluding tert-OH is 1. The third kappa shape index (κ3) is 2.31. The molecule has 1 aliphatic heterocycles. The molecule has 0 amide bonds. The van der Waals surface area contributed by atoms with Crippen LogP contribution in [0.1, 0.15) is 25.7 Å². The van der Waals surface area contributed by atoms with Gasteiger partial charge in [0.05, 0.1) is 12.6 Å².